The number of carbonyl (C=O) groups is 1. The Hall–Kier alpha value is -2.02. The Kier molecular flexibility index (Phi) is 7.11. The van der Waals surface area contributed by atoms with Crippen LogP contribution in [-0.4, -0.2) is 45.8 Å². The van der Waals surface area contributed by atoms with Gasteiger partial charge in [0.25, 0.3) is 0 Å². The average molecular weight is 337 g/mol. The van der Waals surface area contributed by atoms with Crippen molar-refractivity contribution in [2.24, 2.45) is 10.9 Å². The zero-order valence-electron chi connectivity index (χ0n) is 14.7. The van der Waals surface area contributed by atoms with Crippen molar-refractivity contribution in [1.29, 1.82) is 0 Å². The van der Waals surface area contributed by atoms with E-state index in [1.54, 1.807) is 20.0 Å². The van der Waals surface area contributed by atoms with Crippen molar-refractivity contribution in [3.63, 3.8) is 0 Å². The van der Waals surface area contributed by atoms with Gasteiger partial charge in [-0.3, -0.25) is 4.99 Å². The lowest BCUT2D eigenvalue weighted by atomic mass is 10.2. The SMILES string of the molecule is CN=C(NCCCOCC1CC1)NCc1cc(C(=O)OC)c(C)o1. The van der Waals surface area contributed by atoms with Crippen LogP contribution in [0.2, 0.25) is 0 Å². The molecular weight excluding hydrogens is 310 g/mol. The van der Waals surface area contributed by atoms with E-state index in [0.717, 1.165) is 32.1 Å². The second-order valence-corrected chi connectivity index (χ2v) is 5.90. The first-order chi connectivity index (χ1) is 11.6. The Bertz CT molecular complexity index is 564. The number of aliphatic imine (C=N–C) groups is 1. The molecular formula is C17H27N3O4. The molecule has 0 atom stereocenters. The third-order valence-electron chi connectivity index (χ3n) is 3.84. The van der Waals surface area contributed by atoms with Gasteiger partial charge in [0.2, 0.25) is 0 Å². The first kappa shape index (κ1) is 18.3. The van der Waals surface area contributed by atoms with Gasteiger partial charge in [0.1, 0.15) is 17.1 Å². The Morgan fingerprint density at radius 3 is 2.88 bits per heavy atom. The van der Waals surface area contributed by atoms with Gasteiger partial charge in [-0.25, -0.2) is 4.79 Å². The van der Waals surface area contributed by atoms with E-state index in [1.807, 2.05) is 0 Å². The molecule has 1 aliphatic rings. The van der Waals surface area contributed by atoms with Crippen molar-refractivity contribution in [2.75, 3.05) is 33.9 Å². The third-order valence-corrected chi connectivity index (χ3v) is 3.84. The third kappa shape index (κ3) is 5.88. The van der Waals surface area contributed by atoms with Crippen LogP contribution in [0, 0.1) is 12.8 Å². The minimum absolute atomic E-state index is 0.392. The van der Waals surface area contributed by atoms with Crippen molar-refractivity contribution in [1.82, 2.24) is 10.6 Å². The van der Waals surface area contributed by atoms with E-state index in [9.17, 15) is 4.79 Å². The maximum atomic E-state index is 11.6. The number of furan rings is 1. The van der Waals surface area contributed by atoms with Gasteiger partial charge in [0.05, 0.1) is 13.7 Å². The van der Waals surface area contributed by atoms with Gasteiger partial charge in [-0.05, 0) is 38.2 Å². The van der Waals surface area contributed by atoms with Crippen molar-refractivity contribution >= 4 is 11.9 Å². The zero-order valence-corrected chi connectivity index (χ0v) is 14.7. The van der Waals surface area contributed by atoms with Gasteiger partial charge in [-0.2, -0.15) is 0 Å². The maximum absolute atomic E-state index is 11.6. The Morgan fingerprint density at radius 1 is 1.42 bits per heavy atom. The van der Waals surface area contributed by atoms with Gasteiger partial charge in [0, 0.05) is 26.8 Å². The molecule has 0 aliphatic heterocycles. The molecule has 1 fully saturated rings. The molecule has 1 saturated carbocycles. The quantitative estimate of drug-likeness (QED) is 0.310. The second-order valence-electron chi connectivity index (χ2n) is 5.90. The van der Waals surface area contributed by atoms with Crippen molar-refractivity contribution in [2.45, 2.75) is 32.7 Å². The normalized spacial score (nSPS) is 14.5. The van der Waals surface area contributed by atoms with Crippen LogP contribution in [0.3, 0.4) is 0 Å². The van der Waals surface area contributed by atoms with Crippen LogP contribution in [0.25, 0.3) is 0 Å². The fourth-order valence-electron chi connectivity index (χ4n) is 2.25. The summed E-state index contributed by atoms with van der Waals surface area (Å²) in [6.45, 7) is 4.63. The number of methoxy groups -OCH3 is 1. The molecule has 0 radical (unpaired) electrons. The van der Waals surface area contributed by atoms with E-state index in [2.05, 4.69) is 15.6 Å². The number of hydrogen-bond acceptors (Lipinski definition) is 5. The molecule has 134 valence electrons. The van der Waals surface area contributed by atoms with E-state index in [1.165, 1.54) is 20.0 Å². The number of nitrogens with zero attached hydrogens (tertiary/aromatic N) is 1. The molecule has 7 heteroatoms. The van der Waals surface area contributed by atoms with E-state index >= 15 is 0 Å². The van der Waals surface area contributed by atoms with E-state index in [0.29, 0.717) is 29.6 Å². The Labute approximate surface area is 142 Å². The highest BCUT2D eigenvalue weighted by molar-refractivity contribution is 5.90. The summed E-state index contributed by atoms with van der Waals surface area (Å²) in [4.78, 5) is 15.7. The lowest BCUT2D eigenvalue weighted by Gasteiger charge is -2.11. The molecule has 1 heterocycles. The summed E-state index contributed by atoms with van der Waals surface area (Å²) in [5.74, 6) is 2.30. The molecule has 0 saturated heterocycles. The summed E-state index contributed by atoms with van der Waals surface area (Å²) in [7, 11) is 3.07. The van der Waals surface area contributed by atoms with Gasteiger partial charge >= 0.3 is 5.97 Å². The molecule has 1 aliphatic carbocycles. The summed E-state index contributed by atoms with van der Waals surface area (Å²) in [6.07, 6.45) is 3.57. The predicted molar refractivity (Wildman–Crippen MR) is 91.1 cm³/mol. The molecule has 0 unspecified atom stereocenters. The fraction of sp³-hybridized carbons (Fsp3) is 0.647. The van der Waals surface area contributed by atoms with E-state index in [4.69, 9.17) is 13.9 Å². The van der Waals surface area contributed by atoms with E-state index < -0.39 is 5.97 Å². The molecule has 2 rings (SSSR count). The Morgan fingerprint density at radius 2 is 2.21 bits per heavy atom. The summed E-state index contributed by atoms with van der Waals surface area (Å²) >= 11 is 0. The summed E-state index contributed by atoms with van der Waals surface area (Å²) in [5.41, 5.74) is 0.449. The number of esters is 1. The highest BCUT2D eigenvalue weighted by Crippen LogP contribution is 2.28. The number of guanidine groups is 1. The number of aryl methyl sites for hydroxylation is 1. The van der Waals surface area contributed by atoms with Crippen LogP contribution in [0.5, 0.6) is 0 Å². The number of nitrogens with one attached hydrogen (secondary N) is 2. The summed E-state index contributed by atoms with van der Waals surface area (Å²) < 4.78 is 15.9. The lowest BCUT2D eigenvalue weighted by Crippen LogP contribution is -2.37. The number of carbonyl (C=O) groups excluding carboxylic acids is 1. The van der Waals surface area contributed by atoms with Crippen molar-refractivity contribution in [3.05, 3.63) is 23.2 Å². The highest BCUT2D eigenvalue weighted by Gasteiger charge is 2.20. The number of ether oxygens (including phenoxy) is 2. The number of hydrogen-bond donors (Lipinski definition) is 2. The molecule has 0 bridgehead atoms. The molecule has 0 spiro atoms. The van der Waals surface area contributed by atoms with Gasteiger partial charge in [-0.1, -0.05) is 0 Å². The van der Waals surface area contributed by atoms with Crippen LogP contribution in [-0.2, 0) is 16.0 Å². The topological polar surface area (TPSA) is 85.1 Å². The zero-order chi connectivity index (χ0) is 17.4. The van der Waals surface area contributed by atoms with Gasteiger partial charge < -0.3 is 24.5 Å². The van der Waals surface area contributed by atoms with Crippen LogP contribution in [0.15, 0.2) is 15.5 Å². The van der Waals surface area contributed by atoms with Crippen molar-refractivity contribution < 1.29 is 18.7 Å². The molecule has 24 heavy (non-hydrogen) atoms. The van der Waals surface area contributed by atoms with Crippen LogP contribution in [0.4, 0.5) is 0 Å². The molecule has 1 aromatic heterocycles. The van der Waals surface area contributed by atoms with Crippen LogP contribution >= 0.6 is 0 Å². The van der Waals surface area contributed by atoms with Gasteiger partial charge in [-0.15, -0.1) is 0 Å². The first-order valence-corrected chi connectivity index (χ1v) is 8.34. The standard InChI is InChI=1S/C17H27N3O4/c1-12-15(16(21)22-3)9-14(24-12)10-20-17(18-2)19-7-4-8-23-11-13-5-6-13/h9,13H,4-8,10-11H2,1-3H3,(H2,18,19,20). The largest absolute Gasteiger partial charge is 0.465 e. The molecule has 0 aromatic carbocycles. The lowest BCUT2D eigenvalue weighted by molar-refractivity contribution is 0.0599. The smallest absolute Gasteiger partial charge is 0.341 e. The molecule has 7 nitrogen and oxygen atoms in total. The molecule has 1 aromatic rings. The average Bonchev–Trinajstić information content (AvgIpc) is 3.34. The minimum Gasteiger partial charge on any atom is -0.465 e. The van der Waals surface area contributed by atoms with Crippen LogP contribution in [0.1, 0.15) is 41.1 Å². The molecule has 0 amide bonds. The van der Waals surface area contributed by atoms with Gasteiger partial charge in [0.15, 0.2) is 5.96 Å². The summed E-state index contributed by atoms with van der Waals surface area (Å²) in [6, 6.07) is 1.69. The second kappa shape index (κ2) is 9.32. The van der Waals surface area contributed by atoms with Crippen LogP contribution < -0.4 is 10.6 Å². The van der Waals surface area contributed by atoms with E-state index in [-0.39, 0.29) is 0 Å². The fourth-order valence-corrected chi connectivity index (χ4v) is 2.25. The van der Waals surface area contributed by atoms with Crippen molar-refractivity contribution in [3.8, 4) is 0 Å². The maximum Gasteiger partial charge on any atom is 0.341 e. The molecule has 2 N–H and O–H groups in total. The summed E-state index contributed by atoms with van der Waals surface area (Å²) in [5, 5.41) is 6.38. The Balaban J connectivity index is 1.66. The predicted octanol–water partition coefficient (Wildman–Crippen LogP) is 1.86. The highest BCUT2D eigenvalue weighted by atomic mass is 16.5. The monoisotopic (exact) mass is 337 g/mol. The number of rotatable bonds is 9. The minimum atomic E-state index is -0.392. The first-order valence-electron chi connectivity index (χ1n) is 8.34.